The van der Waals surface area contributed by atoms with Crippen molar-refractivity contribution >= 4 is 0 Å². The highest BCUT2D eigenvalue weighted by molar-refractivity contribution is 5.24. The van der Waals surface area contributed by atoms with Crippen molar-refractivity contribution in [1.29, 1.82) is 0 Å². The van der Waals surface area contributed by atoms with Crippen LogP contribution in [-0.2, 0) is 0 Å². The summed E-state index contributed by atoms with van der Waals surface area (Å²) in [4.78, 5) is 0. The molecule has 3 aliphatic rings. The molecule has 0 unspecified atom stereocenters. The van der Waals surface area contributed by atoms with Crippen LogP contribution in [0.25, 0.3) is 0 Å². The van der Waals surface area contributed by atoms with Gasteiger partial charge in [0.1, 0.15) is 0 Å². The van der Waals surface area contributed by atoms with Gasteiger partial charge in [-0.25, -0.2) is 0 Å². The van der Waals surface area contributed by atoms with Crippen LogP contribution < -0.4 is 0 Å². The summed E-state index contributed by atoms with van der Waals surface area (Å²) < 4.78 is 12.2. The predicted molar refractivity (Wildman–Crippen MR) is 140 cm³/mol. The Morgan fingerprint density at radius 3 is 1.61 bits per heavy atom. The zero-order valence-electron chi connectivity index (χ0n) is 21.6. The van der Waals surface area contributed by atoms with E-state index in [9.17, 15) is 4.39 Å². The molecule has 3 fully saturated rings. The van der Waals surface area contributed by atoms with E-state index in [2.05, 4.69) is 31.2 Å². The van der Waals surface area contributed by atoms with Crippen molar-refractivity contribution in [3.63, 3.8) is 0 Å². The smallest absolute Gasteiger partial charge is 0.0894 e. The number of benzene rings is 1. The van der Waals surface area contributed by atoms with Crippen LogP contribution in [0, 0.1) is 36.5 Å². The zero-order valence-corrected chi connectivity index (χ0v) is 21.6. The molecular weight excluding hydrogens is 403 g/mol. The van der Waals surface area contributed by atoms with Crippen molar-refractivity contribution in [3.8, 4) is 0 Å². The number of unbranched alkanes of at least 4 members (excludes halogenated alkanes) is 2. The van der Waals surface area contributed by atoms with Crippen molar-refractivity contribution in [2.75, 3.05) is 6.67 Å². The molecule has 0 aliphatic heterocycles. The number of halogens is 1. The van der Waals surface area contributed by atoms with Gasteiger partial charge in [0.05, 0.1) is 6.67 Å². The molecule has 3 saturated carbocycles. The first kappa shape index (κ1) is 25.2. The summed E-state index contributed by atoms with van der Waals surface area (Å²) in [5.41, 5.74) is 2.98. The number of aryl methyl sites for hydroxylation is 1. The molecule has 4 rings (SSSR count). The van der Waals surface area contributed by atoms with Crippen LogP contribution in [0.15, 0.2) is 24.3 Å². The molecule has 0 heterocycles. The molecule has 0 amide bonds. The van der Waals surface area contributed by atoms with Crippen molar-refractivity contribution < 1.29 is 4.39 Å². The van der Waals surface area contributed by atoms with Gasteiger partial charge in [0, 0.05) is 0 Å². The minimum absolute atomic E-state index is 0.121. The van der Waals surface area contributed by atoms with Crippen LogP contribution in [0.5, 0.6) is 0 Å². The SMILES string of the molecule is Cc1ccc(C2CCC(C3CCC(CCC4CCC(CCCCCF)CC4)CC3)CC2)cc1. The van der Waals surface area contributed by atoms with Crippen LogP contribution in [0.1, 0.15) is 133 Å². The van der Waals surface area contributed by atoms with Gasteiger partial charge in [-0.05, 0) is 92.9 Å². The van der Waals surface area contributed by atoms with Crippen molar-refractivity contribution in [3.05, 3.63) is 35.4 Å². The normalized spacial score (nSPS) is 33.2. The van der Waals surface area contributed by atoms with E-state index in [0.29, 0.717) is 0 Å². The summed E-state index contributed by atoms with van der Waals surface area (Å²) in [6, 6.07) is 9.36. The average molecular weight is 455 g/mol. The lowest BCUT2D eigenvalue weighted by molar-refractivity contribution is 0.149. The van der Waals surface area contributed by atoms with E-state index in [4.69, 9.17) is 0 Å². The highest BCUT2D eigenvalue weighted by atomic mass is 19.1. The van der Waals surface area contributed by atoms with E-state index in [0.717, 1.165) is 48.3 Å². The maximum atomic E-state index is 12.2. The molecule has 0 radical (unpaired) electrons. The van der Waals surface area contributed by atoms with Crippen LogP contribution >= 0.6 is 0 Å². The largest absolute Gasteiger partial charge is 0.251 e. The maximum absolute atomic E-state index is 12.2. The Labute approximate surface area is 204 Å². The second kappa shape index (κ2) is 13.3. The maximum Gasteiger partial charge on any atom is 0.0894 e. The quantitative estimate of drug-likeness (QED) is 0.308. The van der Waals surface area contributed by atoms with Gasteiger partial charge in [-0.1, -0.05) is 100 Å². The summed E-state index contributed by atoms with van der Waals surface area (Å²) in [5, 5.41) is 0. The lowest BCUT2D eigenvalue weighted by atomic mass is 9.67. The fraction of sp³-hybridized carbons (Fsp3) is 0.812. The molecule has 1 heteroatoms. The molecule has 0 saturated heterocycles. The Hall–Kier alpha value is -0.850. The zero-order chi connectivity index (χ0) is 22.9. The first-order valence-corrected chi connectivity index (χ1v) is 14.8. The van der Waals surface area contributed by atoms with Gasteiger partial charge in [0.2, 0.25) is 0 Å². The summed E-state index contributed by atoms with van der Waals surface area (Å²) in [7, 11) is 0. The van der Waals surface area contributed by atoms with E-state index in [1.165, 1.54) is 108 Å². The minimum atomic E-state index is -0.121. The fourth-order valence-corrected chi connectivity index (χ4v) is 7.70. The third-order valence-electron chi connectivity index (χ3n) is 10.1. The molecule has 33 heavy (non-hydrogen) atoms. The summed E-state index contributed by atoms with van der Waals surface area (Å²) in [6.07, 6.45) is 25.3. The molecule has 3 aliphatic carbocycles. The van der Waals surface area contributed by atoms with Crippen molar-refractivity contribution in [2.24, 2.45) is 29.6 Å². The topological polar surface area (TPSA) is 0 Å². The minimum Gasteiger partial charge on any atom is -0.251 e. The lowest BCUT2D eigenvalue weighted by Gasteiger charge is -2.38. The predicted octanol–water partition coefficient (Wildman–Crippen LogP) is 10.2. The molecule has 0 atom stereocenters. The lowest BCUT2D eigenvalue weighted by Crippen LogP contribution is -2.25. The highest BCUT2D eigenvalue weighted by Crippen LogP contribution is 2.45. The number of hydrogen-bond acceptors (Lipinski definition) is 0. The van der Waals surface area contributed by atoms with E-state index in [1.807, 2.05) is 0 Å². The van der Waals surface area contributed by atoms with Crippen molar-refractivity contribution in [1.82, 2.24) is 0 Å². The fourth-order valence-electron chi connectivity index (χ4n) is 7.70. The van der Waals surface area contributed by atoms with E-state index in [1.54, 1.807) is 5.56 Å². The second-order valence-corrected chi connectivity index (χ2v) is 12.3. The standard InChI is InChI=1S/C32H51F/c1-25-6-16-29(17-7-25)31-20-22-32(23-21-31)30-18-14-28(15-19-30)13-12-27-10-8-26(9-11-27)5-3-2-4-24-33/h6-7,16-17,26-28,30-32H,2-5,8-15,18-24H2,1H3. The van der Waals surface area contributed by atoms with Crippen LogP contribution in [-0.4, -0.2) is 6.67 Å². The summed E-state index contributed by atoms with van der Waals surface area (Å²) in [6.45, 7) is 2.08. The summed E-state index contributed by atoms with van der Waals surface area (Å²) in [5.74, 6) is 5.88. The van der Waals surface area contributed by atoms with Gasteiger partial charge >= 0.3 is 0 Å². The number of alkyl halides is 1. The van der Waals surface area contributed by atoms with Gasteiger partial charge < -0.3 is 0 Å². The molecule has 0 N–H and O–H groups in total. The van der Waals surface area contributed by atoms with Gasteiger partial charge in [-0.3, -0.25) is 4.39 Å². The first-order valence-electron chi connectivity index (χ1n) is 14.8. The van der Waals surface area contributed by atoms with Crippen LogP contribution in [0.2, 0.25) is 0 Å². The summed E-state index contributed by atoms with van der Waals surface area (Å²) >= 11 is 0. The van der Waals surface area contributed by atoms with Crippen molar-refractivity contribution in [2.45, 2.75) is 128 Å². The molecular formula is C32H51F. The van der Waals surface area contributed by atoms with E-state index < -0.39 is 0 Å². The van der Waals surface area contributed by atoms with Gasteiger partial charge in [0.25, 0.3) is 0 Å². The molecule has 0 nitrogen and oxygen atoms in total. The molecule has 0 spiro atoms. The average Bonchev–Trinajstić information content (AvgIpc) is 2.87. The third kappa shape index (κ3) is 7.83. The Balaban J connectivity index is 1.07. The molecule has 186 valence electrons. The monoisotopic (exact) mass is 454 g/mol. The molecule has 0 bridgehead atoms. The Morgan fingerprint density at radius 2 is 1.06 bits per heavy atom. The van der Waals surface area contributed by atoms with Gasteiger partial charge in [-0.15, -0.1) is 0 Å². The molecule has 0 aromatic heterocycles. The van der Waals surface area contributed by atoms with Gasteiger partial charge in [0.15, 0.2) is 0 Å². The number of hydrogen-bond donors (Lipinski definition) is 0. The number of rotatable bonds is 10. The third-order valence-corrected chi connectivity index (χ3v) is 10.1. The Morgan fingerprint density at radius 1 is 0.576 bits per heavy atom. The molecule has 1 aromatic rings. The van der Waals surface area contributed by atoms with Crippen LogP contribution in [0.4, 0.5) is 4.39 Å². The van der Waals surface area contributed by atoms with Gasteiger partial charge in [-0.2, -0.15) is 0 Å². The van der Waals surface area contributed by atoms with E-state index >= 15 is 0 Å². The first-order chi connectivity index (χ1) is 16.2. The Kier molecular flexibility index (Phi) is 10.2. The molecule has 1 aromatic carbocycles. The second-order valence-electron chi connectivity index (χ2n) is 12.3. The van der Waals surface area contributed by atoms with Crippen LogP contribution in [0.3, 0.4) is 0 Å². The highest BCUT2D eigenvalue weighted by Gasteiger charge is 2.31. The van der Waals surface area contributed by atoms with E-state index in [-0.39, 0.29) is 6.67 Å². The Bertz CT molecular complexity index is 640.